The number of rotatable bonds is 3. The maximum Gasteiger partial charge on any atom is 0.264 e. The molecule has 348 valence electrons. The third-order valence-electron chi connectivity index (χ3n) is 18.3. The number of benzene rings is 5. The van der Waals surface area contributed by atoms with E-state index < -0.39 is 0 Å². The predicted octanol–water partition coefficient (Wildman–Crippen LogP) is 16.5. The van der Waals surface area contributed by atoms with Gasteiger partial charge in [0.15, 0.2) is 0 Å². The summed E-state index contributed by atoms with van der Waals surface area (Å²) in [6, 6.07) is 33.0. The fourth-order valence-electron chi connectivity index (χ4n) is 13.5. The molecule has 5 aliphatic rings. The molecule has 0 amide bonds. The van der Waals surface area contributed by atoms with E-state index in [1.165, 1.54) is 132 Å². The maximum absolute atomic E-state index is 2.77. The van der Waals surface area contributed by atoms with E-state index in [9.17, 15) is 0 Å². The molecule has 0 saturated carbocycles. The number of nitrogens with zero attached hydrogens (tertiary/aromatic N) is 2. The van der Waals surface area contributed by atoms with Crippen molar-refractivity contribution in [1.82, 2.24) is 0 Å². The van der Waals surface area contributed by atoms with Crippen LogP contribution in [0.2, 0.25) is 0 Å². The number of thiophene rings is 1. The first-order chi connectivity index (χ1) is 31.1. The summed E-state index contributed by atoms with van der Waals surface area (Å²) in [6.45, 7) is 42.0. The van der Waals surface area contributed by atoms with Gasteiger partial charge < -0.3 is 9.80 Å². The molecule has 0 spiro atoms. The van der Waals surface area contributed by atoms with Crippen molar-refractivity contribution in [2.24, 2.45) is 0 Å². The molecule has 2 nitrogen and oxygen atoms in total. The highest BCUT2D eigenvalue weighted by Gasteiger charge is 2.50. The van der Waals surface area contributed by atoms with E-state index in [0.717, 1.165) is 0 Å². The molecular weight excluding hydrogens is 828 g/mol. The average Bonchev–Trinajstić information content (AvgIpc) is 3.62. The molecule has 3 aliphatic carbocycles. The Hall–Kier alpha value is -4.28. The number of anilines is 6. The summed E-state index contributed by atoms with van der Waals surface area (Å²) in [5, 5.41) is 1.42. The molecule has 6 aromatic rings. The maximum atomic E-state index is 2.77. The van der Waals surface area contributed by atoms with Gasteiger partial charge in [0.1, 0.15) is 0 Å². The summed E-state index contributed by atoms with van der Waals surface area (Å²) >= 11 is 2.09. The third-order valence-corrected chi connectivity index (χ3v) is 19.5. The van der Waals surface area contributed by atoms with Crippen molar-refractivity contribution in [1.29, 1.82) is 0 Å². The van der Waals surface area contributed by atoms with Crippen molar-refractivity contribution in [3.8, 4) is 0 Å². The van der Waals surface area contributed by atoms with E-state index in [-0.39, 0.29) is 44.6 Å². The van der Waals surface area contributed by atoms with Gasteiger partial charge in [-0.2, -0.15) is 0 Å². The molecule has 0 bridgehead atoms. The van der Waals surface area contributed by atoms with Crippen molar-refractivity contribution in [2.75, 3.05) is 9.80 Å². The first-order valence-corrected chi connectivity index (χ1v) is 26.8. The quantitative estimate of drug-likeness (QED) is 0.163. The number of hydrogen-bond donors (Lipinski definition) is 0. The van der Waals surface area contributed by atoms with Gasteiger partial charge in [-0.1, -0.05) is 148 Å². The largest absolute Gasteiger partial charge is 0.311 e. The predicted molar refractivity (Wildman–Crippen MR) is 294 cm³/mol. The lowest BCUT2D eigenvalue weighted by molar-refractivity contribution is 0.332. The van der Waals surface area contributed by atoms with Gasteiger partial charge in [0.2, 0.25) is 0 Å². The van der Waals surface area contributed by atoms with Crippen molar-refractivity contribution < 1.29 is 0 Å². The lowest BCUT2D eigenvalue weighted by Crippen LogP contribution is -2.61. The van der Waals surface area contributed by atoms with Crippen LogP contribution in [0.15, 0.2) is 78.9 Å². The highest BCUT2D eigenvalue weighted by Crippen LogP contribution is 2.56. The van der Waals surface area contributed by atoms with Gasteiger partial charge in [-0.25, -0.2) is 0 Å². The molecule has 0 N–H and O–H groups in total. The van der Waals surface area contributed by atoms with Gasteiger partial charge >= 0.3 is 0 Å². The Morgan fingerprint density at radius 3 is 1.57 bits per heavy atom. The lowest BCUT2D eigenvalue weighted by atomic mass is 9.35. The molecule has 4 heteroatoms. The Kier molecular flexibility index (Phi) is 9.56. The molecule has 1 aromatic heterocycles. The van der Waals surface area contributed by atoms with Gasteiger partial charge in [-0.3, -0.25) is 0 Å². The SMILES string of the molecule is CC(C)c1cc2c3c(c1)N(c1ccccc1C(C)(C)C)c1c(sc4cc5c(cc14)C(C)(C)CCC5(C)C)B3c1cc3c(cc1N2c1ccc2c(c1)C(C)(C)CCC2(C)C)C(C)(C)CCC3(C)C. The smallest absolute Gasteiger partial charge is 0.264 e. The van der Waals surface area contributed by atoms with Crippen LogP contribution in [0.1, 0.15) is 207 Å². The standard InChI is InChI=1S/C63H77BN2S/c1-37(2)38-30-51-54-52(31-38)66(49-21-19-18-20-42(49)57(3,4)5)55-40-33-44-47(63(16,17)29-26-60(44,10)11)36-53(40)67-56(55)64(54)48-34-45-46(62(14,15)28-27-61(45,12)13)35-50(48)65(51)39-22-23-41-43(32-39)59(8,9)25-24-58(41,6)7/h18-23,30-37H,24-29H2,1-17H3. The van der Waals surface area contributed by atoms with Crippen molar-refractivity contribution >= 4 is 78.0 Å². The van der Waals surface area contributed by atoms with Gasteiger partial charge in [0.05, 0.1) is 5.69 Å². The van der Waals surface area contributed by atoms with Crippen molar-refractivity contribution in [3.63, 3.8) is 0 Å². The molecule has 0 radical (unpaired) electrons. The van der Waals surface area contributed by atoms with Crippen LogP contribution in [-0.2, 0) is 37.9 Å². The van der Waals surface area contributed by atoms with Crippen LogP contribution in [0.25, 0.3) is 10.1 Å². The Morgan fingerprint density at radius 1 is 0.507 bits per heavy atom. The van der Waals surface area contributed by atoms with E-state index in [0.29, 0.717) is 5.92 Å². The molecule has 67 heavy (non-hydrogen) atoms. The Bertz CT molecular complexity index is 3070. The molecule has 0 atom stereocenters. The molecule has 0 unspecified atom stereocenters. The summed E-state index contributed by atoms with van der Waals surface area (Å²) in [5.74, 6) is 0.338. The number of para-hydroxylation sites is 1. The molecule has 11 rings (SSSR count). The summed E-state index contributed by atoms with van der Waals surface area (Å²) < 4.78 is 2.92. The summed E-state index contributed by atoms with van der Waals surface area (Å²) in [5.41, 5.74) is 23.5. The second-order valence-electron chi connectivity index (χ2n) is 27.2. The normalized spacial score (nSPS) is 21.0. The topological polar surface area (TPSA) is 6.48 Å². The molecule has 2 aliphatic heterocycles. The highest BCUT2D eigenvalue weighted by atomic mass is 32.1. The zero-order valence-electron chi connectivity index (χ0n) is 44.2. The first-order valence-electron chi connectivity index (χ1n) is 26.0. The summed E-state index contributed by atoms with van der Waals surface area (Å²) in [7, 11) is 0. The number of hydrogen-bond acceptors (Lipinski definition) is 3. The molecule has 0 fully saturated rings. The molecule has 5 aromatic carbocycles. The van der Waals surface area contributed by atoms with Crippen LogP contribution in [0.4, 0.5) is 34.1 Å². The van der Waals surface area contributed by atoms with Crippen LogP contribution in [0, 0.1) is 0 Å². The van der Waals surface area contributed by atoms with Gasteiger partial charge in [0.25, 0.3) is 6.71 Å². The first kappa shape index (κ1) is 45.2. The monoisotopic (exact) mass is 905 g/mol. The van der Waals surface area contributed by atoms with Gasteiger partial charge in [0, 0.05) is 43.3 Å². The number of fused-ring (bicyclic) bond motifs is 9. The third kappa shape index (κ3) is 6.59. The minimum atomic E-state index is -0.0693. The molecular formula is C63H77BN2S. The summed E-state index contributed by atoms with van der Waals surface area (Å²) in [4.78, 5) is 5.53. The van der Waals surface area contributed by atoms with E-state index in [1.807, 2.05) is 0 Å². The van der Waals surface area contributed by atoms with Crippen LogP contribution < -0.4 is 25.5 Å². The second kappa shape index (κ2) is 14.2. The van der Waals surface area contributed by atoms with Crippen molar-refractivity contribution in [2.45, 2.75) is 200 Å². The Morgan fingerprint density at radius 2 is 1.00 bits per heavy atom. The minimum absolute atomic E-state index is 0.0693. The Labute approximate surface area is 409 Å². The van der Waals surface area contributed by atoms with Crippen LogP contribution in [0.5, 0.6) is 0 Å². The van der Waals surface area contributed by atoms with E-state index in [2.05, 4.69) is 218 Å². The summed E-state index contributed by atoms with van der Waals surface area (Å²) in [6.07, 6.45) is 7.20. The van der Waals surface area contributed by atoms with Crippen LogP contribution in [-0.4, -0.2) is 6.71 Å². The van der Waals surface area contributed by atoms with Gasteiger partial charge in [-0.05, 0) is 186 Å². The Balaban J connectivity index is 1.31. The fraction of sp³-hybridized carbons (Fsp3) is 0.492. The highest BCUT2D eigenvalue weighted by molar-refractivity contribution is 7.33. The lowest BCUT2D eigenvalue weighted by Gasteiger charge is -2.48. The van der Waals surface area contributed by atoms with Crippen LogP contribution >= 0.6 is 11.3 Å². The van der Waals surface area contributed by atoms with Crippen LogP contribution in [0.3, 0.4) is 0 Å². The zero-order chi connectivity index (χ0) is 47.9. The van der Waals surface area contributed by atoms with E-state index >= 15 is 0 Å². The van der Waals surface area contributed by atoms with Gasteiger partial charge in [-0.15, -0.1) is 11.3 Å². The van der Waals surface area contributed by atoms with E-state index in [1.54, 1.807) is 11.1 Å². The molecule has 3 heterocycles. The fourth-order valence-corrected chi connectivity index (χ4v) is 14.8. The zero-order valence-corrected chi connectivity index (χ0v) is 45.0. The minimum Gasteiger partial charge on any atom is -0.311 e. The second-order valence-corrected chi connectivity index (χ2v) is 28.3. The van der Waals surface area contributed by atoms with Crippen molar-refractivity contribution in [3.05, 3.63) is 123 Å². The average molecular weight is 905 g/mol. The van der Waals surface area contributed by atoms with E-state index in [4.69, 9.17) is 0 Å². The molecule has 0 saturated heterocycles.